The smallest absolute Gasteiger partial charge is 0.309 e. The van der Waals surface area contributed by atoms with Crippen LogP contribution in [0.4, 0.5) is 0 Å². The lowest BCUT2D eigenvalue weighted by Crippen LogP contribution is -2.77. The predicted molar refractivity (Wildman–Crippen MR) is 49.6 cm³/mol. The third-order valence-electron chi connectivity index (χ3n) is 3.40. The van der Waals surface area contributed by atoms with Crippen LogP contribution in [-0.4, -0.2) is 22.5 Å². The molecule has 1 amide bonds. The van der Waals surface area contributed by atoms with Crippen LogP contribution in [0.25, 0.3) is 0 Å². The Bertz CT molecular complexity index is 289. The maximum Gasteiger partial charge on any atom is 0.309 e. The van der Waals surface area contributed by atoms with Crippen molar-refractivity contribution in [2.75, 3.05) is 0 Å². The zero-order valence-electron chi connectivity index (χ0n) is 8.46. The van der Waals surface area contributed by atoms with Gasteiger partial charge in [-0.15, -0.1) is 0 Å². The molecule has 78 valence electrons. The highest BCUT2D eigenvalue weighted by Crippen LogP contribution is 2.67. The van der Waals surface area contributed by atoms with E-state index in [9.17, 15) is 9.59 Å². The van der Waals surface area contributed by atoms with Crippen LogP contribution >= 0.6 is 0 Å². The molecule has 0 saturated heterocycles. The third-order valence-corrected chi connectivity index (χ3v) is 3.40. The zero-order valence-corrected chi connectivity index (χ0v) is 8.46. The van der Waals surface area contributed by atoms with Crippen LogP contribution in [0.1, 0.15) is 33.1 Å². The molecule has 0 radical (unpaired) electrons. The summed E-state index contributed by atoms with van der Waals surface area (Å²) < 4.78 is 0. The standard InChI is InChI=1S/C10H15NO3/c1-6(2)7(12)11-10-3-9(4-10,5-10)8(13)14/h6H,3-5H2,1-2H3,(H,11,12)(H,13,14). The van der Waals surface area contributed by atoms with Gasteiger partial charge < -0.3 is 10.4 Å². The largest absolute Gasteiger partial charge is 0.481 e. The number of carbonyl (C=O) groups is 2. The summed E-state index contributed by atoms with van der Waals surface area (Å²) in [5.74, 6) is -0.702. The van der Waals surface area contributed by atoms with Crippen LogP contribution in [0, 0.1) is 11.3 Å². The summed E-state index contributed by atoms with van der Waals surface area (Å²) in [5.41, 5.74) is -0.663. The number of carbonyl (C=O) groups excluding carboxylic acids is 1. The number of aliphatic carboxylic acids is 1. The highest BCUT2D eigenvalue weighted by Gasteiger charge is 2.72. The number of hydrogen-bond donors (Lipinski definition) is 2. The zero-order chi connectivity index (χ0) is 10.6. The van der Waals surface area contributed by atoms with E-state index in [1.165, 1.54) is 0 Å². The van der Waals surface area contributed by atoms with Crippen molar-refractivity contribution in [3.63, 3.8) is 0 Å². The Morgan fingerprint density at radius 2 is 1.79 bits per heavy atom. The Kier molecular flexibility index (Phi) is 1.69. The molecule has 3 aliphatic rings. The Morgan fingerprint density at radius 3 is 2.14 bits per heavy atom. The van der Waals surface area contributed by atoms with Gasteiger partial charge in [0.15, 0.2) is 0 Å². The molecule has 0 aromatic heterocycles. The molecule has 0 atom stereocenters. The molecule has 0 heterocycles. The van der Waals surface area contributed by atoms with E-state index >= 15 is 0 Å². The third kappa shape index (κ3) is 1.06. The molecule has 3 aliphatic carbocycles. The number of rotatable bonds is 3. The maximum atomic E-state index is 11.4. The average Bonchev–Trinajstić information content (AvgIpc) is 1.91. The first-order valence-electron chi connectivity index (χ1n) is 4.95. The van der Waals surface area contributed by atoms with E-state index in [1.54, 1.807) is 0 Å². The summed E-state index contributed by atoms with van der Waals surface area (Å²) >= 11 is 0. The molecule has 3 fully saturated rings. The van der Waals surface area contributed by atoms with Gasteiger partial charge in [0.1, 0.15) is 0 Å². The molecule has 3 rings (SSSR count). The summed E-state index contributed by atoms with van der Waals surface area (Å²) in [6.07, 6.45) is 1.86. The Morgan fingerprint density at radius 1 is 1.29 bits per heavy atom. The average molecular weight is 197 g/mol. The van der Waals surface area contributed by atoms with E-state index < -0.39 is 11.4 Å². The fourth-order valence-electron chi connectivity index (χ4n) is 2.55. The van der Waals surface area contributed by atoms with E-state index in [4.69, 9.17) is 5.11 Å². The molecular weight excluding hydrogens is 182 g/mol. The number of carboxylic acids is 1. The van der Waals surface area contributed by atoms with Gasteiger partial charge in [0, 0.05) is 11.5 Å². The second-order valence-corrected chi connectivity index (χ2v) is 5.04. The topological polar surface area (TPSA) is 66.4 Å². The fourth-order valence-corrected chi connectivity index (χ4v) is 2.55. The van der Waals surface area contributed by atoms with Crippen molar-refractivity contribution in [1.29, 1.82) is 0 Å². The lowest BCUT2D eigenvalue weighted by Gasteiger charge is -2.68. The lowest BCUT2D eigenvalue weighted by molar-refractivity contribution is -0.200. The summed E-state index contributed by atoms with van der Waals surface area (Å²) in [4.78, 5) is 22.2. The highest BCUT2D eigenvalue weighted by molar-refractivity contribution is 5.84. The van der Waals surface area contributed by atoms with Crippen LogP contribution < -0.4 is 5.32 Å². The van der Waals surface area contributed by atoms with Gasteiger partial charge in [0.25, 0.3) is 0 Å². The quantitative estimate of drug-likeness (QED) is 0.702. The van der Waals surface area contributed by atoms with E-state index in [0.29, 0.717) is 19.3 Å². The number of hydrogen-bond acceptors (Lipinski definition) is 2. The monoisotopic (exact) mass is 197 g/mol. The van der Waals surface area contributed by atoms with Crippen molar-refractivity contribution >= 4 is 11.9 Å². The second-order valence-electron chi connectivity index (χ2n) is 5.04. The van der Waals surface area contributed by atoms with Crippen molar-refractivity contribution in [2.45, 2.75) is 38.6 Å². The Balaban J connectivity index is 1.89. The van der Waals surface area contributed by atoms with Crippen molar-refractivity contribution in [3.05, 3.63) is 0 Å². The van der Waals surface area contributed by atoms with E-state index in [2.05, 4.69) is 5.32 Å². The van der Waals surface area contributed by atoms with Crippen LogP contribution in [0.2, 0.25) is 0 Å². The number of carboxylic acid groups (broad SMARTS) is 1. The fraction of sp³-hybridized carbons (Fsp3) is 0.800. The van der Waals surface area contributed by atoms with Crippen LogP contribution in [0.5, 0.6) is 0 Å². The van der Waals surface area contributed by atoms with Gasteiger partial charge in [0.2, 0.25) is 5.91 Å². The van der Waals surface area contributed by atoms with Crippen molar-refractivity contribution < 1.29 is 14.7 Å². The predicted octanol–water partition coefficient (Wildman–Crippen LogP) is 0.766. The molecule has 0 spiro atoms. The minimum atomic E-state index is -0.710. The highest BCUT2D eigenvalue weighted by atomic mass is 16.4. The molecule has 2 bridgehead atoms. The minimum Gasteiger partial charge on any atom is -0.481 e. The Labute approximate surface area is 82.7 Å². The minimum absolute atomic E-state index is 0.0233. The lowest BCUT2D eigenvalue weighted by atomic mass is 9.39. The van der Waals surface area contributed by atoms with Gasteiger partial charge in [-0.25, -0.2) is 0 Å². The van der Waals surface area contributed by atoms with E-state index in [1.807, 2.05) is 13.8 Å². The van der Waals surface area contributed by atoms with Gasteiger partial charge >= 0.3 is 5.97 Å². The molecule has 0 unspecified atom stereocenters. The van der Waals surface area contributed by atoms with Crippen molar-refractivity contribution in [3.8, 4) is 0 Å². The van der Waals surface area contributed by atoms with Crippen LogP contribution in [-0.2, 0) is 9.59 Å². The number of amides is 1. The molecule has 14 heavy (non-hydrogen) atoms. The summed E-state index contributed by atoms with van der Waals surface area (Å²) in [6.45, 7) is 3.68. The molecule has 3 saturated carbocycles. The van der Waals surface area contributed by atoms with Crippen LogP contribution in [0.3, 0.4) is 0 Å². The van der Waals surface area contributed by atoms with Gasteiger partial charge in [-0.05, 0) is 19.3 Å². The first-order valence-corrected chi connectivity index (χ1v) is 4.95. The molecule has 4 nitrogen and oxygen atoms in total. The van der Waals surface area contributed by atoms with E-state index in [-0.39, 0.29) is 17.4 Å². The van der Waals surface area contributed by atoms with E-state index in [0.717, 1.165) is 0 Å². The summed E-state index contributed by atoms with van der Waals surface area (Å²) in [7, 11) is 0. The van der Waals surface area contributed by atoms with Crippen molar-refractivity contribution in [2.24, 2.45) is 11.3 Å². The normalized spacial score (nSPS) is 38.5. The van der Waals surface area contributed by atoms with Gasteiger partial charge in [0.05, 0.1) is 5.41 Å². The van der Waals surface area contributed by atoms with Gasteiger partial charge in [-0.3, -0.25) is 9.59 Å². The first kappa shape index (κ1) is 9.49. The molecular formula is C10H15NO3. The molecule has 2 N–H and O–H groups in total. The number of nitrogens with one attached hydrogen (secondary N) is 1. The first-order chi connectivity index (χ1) is 6.39. The van der Waals surface area contributed by atoms with Gasteiger partial charge in [-0.1, -0.05) is 13.8 Å². The molecule has 4 heteroatoms. The summed E-state index contributed by atoms with van der Waals surface area (Å²) in [6, 6.07) is 0. The molecule has 0 aromatic rings. The molecule has 0 aromatic carbocycles. The summed E-state index contributed by atoms with van der Waals surface area (Å²) in [5, 5.41) is 11.8. The second kappa shape index (κ2) is 2.49. The van der Waals surface area contributed by atoms with Gasteiger partial charge in [-0.2, -0.15) is 0 Å². The molecule has 0 aliphatic heterocycles. The maximum absolute atomic E-state index is 11.4. The Hall–Kier alpha value is -1.06. The SMILES string of the molecule is CC(C)C(=O)NC12CC(C(=O)O)(C1)C2. The van der Waals surface area contributed by atoms with Crippen LogP contribution in [0.15, 0.2) is 0 Å². The van der Waals surface area contributed by atoms with Crippen molar-refractivity contribution in [1.82, 2.24) is 5.32 Å².